The van der Waals surface area contributed by atoms with E-state index in [-0.39, 0.29) is 10.7 Å². The Morgan fingerprint density at radius 1 is 1.47 bits per heavy atom. The van der Waals surface area contributed by atoms with Gasteiger partial charge in [-0.1, -0.05) is 11.6 Å². The normalized spacial score (nSPS) is 10.3. The minimum Gasteiger partial charge on any atom is -0.337 e. The number of hydrogen-bond donors (Lipinski definition) is 1. The molecule has 0 unspecified atom stereocenters. The number of hydrogen-bond acceptors (Lipinski definition) is 5. The third-order valence-corrected chi connectivity index (χ3v) is 2.52. The molecule has 88 valence electrons. The summed E-state index contributed by atoms with van der Waals surface area (Å²) in [6.45, 7) is 1.85. The second-order valence-electron chi connectivity index (χ2n) is 3.47. The molecule has 0 amide bonds. The molecule has 0 aliphatic rings. The SMILES string of the molecule is Cc1nn(C)cc1Nc1ncnc(Cl)c1C=O. The van der Waals surface area contributed by atoms with E-state index in [2.05, 4.69) is 20.4 Å². The molecule has 0 saturated carbocycles. The maximum atomic E-state index is 10.9. The van der Waals surface area contributed by atoms with Crippen LogP contribution >= 0.6 is 11.6 Å². The average molecular weight is 252 g/mol. The zero-order valence-electron chi connectivity index (χ0n) is 9.31. The topological polar surface area (TPSA) is 72.7 Å². The van der Waals surface area contributed by atoms with Gasteiger partial charge in [-0.15, -0.1) is 0 Å². The molecule has 0 aliphatic carbocycles. The maximum Gasteiger partial charge on any atom is 0.156 e. The minimum atomic E-state index is 0.124. The van der Waals surface area contributed by atoms with Gasteiger partial charge in [-0.05, 0) is 6.92 Å². The molecule has 2 rings (SSSR count). The van der Waals surface area contributed by atoms with Crippen molar-refractivity contribution in [3.8, 4) is 0 Å². The highest BCUT2D eigenvalue weighted by Gasteiger charge is 2.11. The van der Waals surface area contributed by atoms with Crippen molar-refractivity contribution in [2.45, 2.75) is 6.92 Å². The molecular weight excluding hydrogens is 242 g/mol. The van der Waals surface area contributed by atoms with Crippen molar-refractivity contribution in [1.82, 2.24) is 19.7 Å². The Bertz CT molecular complexity index is 566. The predicted molar refractivity (Wildman–Crippen MR) is 63.7 cm³/mol. The first kappa shape index (κ1) is 11.5. The molecule has 2 aromatic heterocycles. The van der Waals surface area contributed by atoms with E-state index in [1.54, 1.807) is 10.9 Å². The van der Waals surface area contributed by atoms with Crippen LogP contribution in [0.5, 0.6) is 0 Å². The van der Waals surface area contributed by atoms with E-state index in [0.717, 1.165) is 11.4 Å². The fourth-order valence-corrected chi connectivity index (χ4v) is 1.61. The van der Waals surface area contributed by atoms with E-state index in [4.69, 9.17) is 11.6 Å². The predicted octanol–water partition coefficient (Wildman–Crippen LogP) is 1.73. The van der Waals surface area contributed by atoms with Gasteiger partial charge in [0.15, 0.2) is 6.29 Å². The summed E-state index contributed by atoms with van der Waals surface area (Å²) in [6, 6.07) is 0. The molecule has 0 fully saturated rings. The quantitative estimate of drug-likeness (QED) is 0.664. The van der Waals surface area contributed by atoms with Crippen LogP contribution in [0.3, 0.4) is 0 Å². The summed E-state index contributed by atoms with van der Waals surface area (Å²) < 4.78 is 1.67. The number of carbonyl (C=O) groups is 1. The number of halogens is 1. The standard InChI is InChI=1S/C10H10ClN5O/c1-6-8(3-16(2)15-6)14-10-7(4-17)9(11)12-5-13-10/h3-5H,1-2H3,(H,12,13,14). The first-order valence-corrected chi connectivity index (χ1v) is 5.22. The molecule has 0 radical (unpaired) electrons. The molecule has 1 N–H and O–H groups in total. The van der Waals surface area contributed by atoms with Crippen LogP contribution in [0.15, 0.2) is 12.5 Å². The van der Waals surface area contributed by atoms with Crippen LogP contribution in [-0.4, -0.2) is 26.0 Å². The third kappa shape index (κ3) is 2.26. The largest absolute Gasteiger partial charge is 0.337 e. The Hall–Kier alpha value is -1.95. The summed E-state index contributed by atoms with van der Waals surface area (Å²) in [5, 5.41) is 7.30. The van der Waals surface area contributed by atoms with E-state index in [0.29, 0.717) is 12.1 Å². The van der Waals surface area contributed by atoms with E-state index < -0.39 is 0 Å². The van der Waals surface area contributed by atoms with Gasteiger partial charge < -0.3 is 5.32 Å². The van der Waals surface area contributed by atoms with Crippen molar-refractivity contribution in [3.63, 3.8) is 0 Å². The van der Waals surface area contributed by atoms with Gasteiger partial charge in [0.25, 0.3) is 0 Å². The Labute approximate surface area is 103 Å². The number of anilines is 2. The van der Waals surface area contributed by atoms with Gasteiger partial charge in [0.1, 0.15) is 17.3 Å². The van der Waals surface area contributed by atoms with Crippen molar-refractivity contribution in [2.75, 3.05) is 5.32 Å². The number of rotatable bonds is 3. The fourth-order valence-electron chi connectivity index (χ4n) is 1.43. The average Bonchev–Trinajstić information content (AvgIpc) is 2.58. The van der Waals surface area contributed by atoms with Gasteiger partial charge in [-0.3, -0.25) is 9.48 Å². The summed E-state index contributed by atoms with van der Waals surface area (Å²) >= 11 is 5.80. The molecule has 0 saturated heterocycles. The zero-order chi connectivity index (χ0) is 12.4. The van der Waals surface area contributed by atoms with Gasteiger partial charge in [-0.25, -0.2) is 9.97 Å². The zero-order valence-corrected chi connectivity index (χ0v) is 10.1. The summed E-state index contributed by atoms with van der Waals surface area (Å²) in [7, 11) is 1.81. The Morgan fingerprint density at radius 3 is 2.82 bits per heavy atom. The van der Waals surface area contributed by atoms with E-state index in [1.807, 2.05) is 14.0 Å². The minimum absolute atomic E-state index is 0.124. The number of aldehydes is 1. The first-order chi connectivity index (χ1) is 8.11. The molecule has 17 heavy (non-hydrogen) atoms. The molecule has 0 aliphatic heterocycles. The summed E-state index contributed by atoms with van der Waals surface area (Å²) in [5.74, 6) is 0.371. The van der Waals surface area contributed by atoms with Gasteiger partial charge in [-0.2, -0.15) is 5.10 Å². The van der Waals surface area contributed by atoms with Crippen LogP contribution in [-0.2, 0) is 7.05 Å². The van der Waals surface area contributed by atoms with Gasteiger partial charge in [0.05, 0.1) is 16.9 Å². The molecule has 6 nitrogen and oxygen atoms in total. The number of nitrogens with zero attached hydrogens (tertiary/aromatic N) is 4. The molecule has 7 heteroatoms. The van der Waals surface area contributed by atoms with Crippen LogP contribution in [0.25, 0.3) is 0 Å². The molecule has 2 aromatic rings. The van der Waals surface area contributed by atoms with Crippen molar-refractivity contribution in [2.24, 2.45) is 7.05 Å². The lowest BCUT2D eigenvalue weighted by atomic mass is 10.3. The Morgan fingerprint density at radius 2 is 2.24 bits per heavy atom. The van der Waals surface area contributed by atoms with Crippen molar-refractivity contribution in [1.29, 1.82) is 0 Å². The second kappa shape index (κ2) is 4.50. The van der Waals surface area contributed by atoms with Crippen LogP contribution in [0.4, 0.5) is 11.5 Å². The highest BCUT2D eigenvalue weighted by molar-refractivity contribution is 6.32. The van der Waals surface area contributed by atoms with Crippen LogP contribution in [0.1, 0.15) is 16.1 Å². The van der Waals surface area contributed by atoms with Gasteiger partial charge in [0.2, 0.25) is 0 Å². The molecule has 0 atom stereocenters. The van der Waals surface area contributed by atoms with Gasteiger partial charge >= 0.3 is 0 Å². The maximum absolute atomic E-state index is 10.9. The molecule has 0 bridgehead atoms. The monoisotopic (exact) mass is 251 g/mol. The lowest BCUT2D eigenvalue weighted by molar-refractivity contribution is 0.112. The smallest absolute Gasteiger partial charge is 0.156 e. The summed E-state index contributed by atoms with van der Waals surface area (Å²) in [6.07, 6.45) is 3.71. The molecular formula is C10H10ClN5O. The molecule has 2 heterocycles. The third-order valence-electron chi connectivity index (χ3n) is 2.22. The van der Waals surface area contributed by atoms with Crippen LogP contribution in [0, 0.1) is 6.92 Å². The lowest BCUT2D eigenvalue weighted by Gasteiger charge is -2.06. The van der Waals surface area contributed by atoms with Crippen LogP contribution < -0.4 is 5.32 Å². The Kier molecular flexibility index (Phi) is 3.06. The number of aryl methyl sites for hydroxylation is 2. The van der Waals surface area contributed by atoms with E-state index >= 15 is 0 Å². The van der Waals surface area contributed by atoms with E-state index in [9.17, 15) is 4.79 Å². The molecule has 0 aromatic carbocycles. The number of carbonyl (C=O) groups excluding carboxylic acids is 1. The summed E-state index contributed by atoms with van der Waals surface area (Å²) in [5.41, 5.74) is 1.81. The molecule has 0 spiro atoms. The van der Waals surface area contributed by atoms with Crippen molar-refractivity contribution < 1.29 is 4.79 Å². The van der Waals surface area contributed by atoms with Gasteiger partial charge in [0, 0.05) is 13.2 Å². The fraction of sp³-hybridized carbons (Fsp3) is 0.200. The number of aromatic nitrogens is 4. The van der Waals surface area contributed by atoms with Crippen LogP contribution in [0.2, 0.25) is 5.15 Å². The highest BCUT2D eigenvalue weighted by atomic mass is 35.5. The Balaban J connectivity index is 2.39. The lowest BCUT2D eigenvalue weighted by Crippen LogP contribution is -2.00. The van der Waals surface area contributed by atoms with Crippen molar-refractivity contribution >= 4 is 29.4 Å². The second-order valence-corrected chi connectivity index (χ2v) is 3.83. The number of nitrogens with one attached hydrogen (secondary N) is 1. The van der Waals surface area contributed by atoms with E-state index in [1.165, 1.54) is 6.33 Å². The first-order valence-electron chi connectivity index (χ1n) is 4.84. The highest BCUT2D eigenvalue weighted by Crippen LogP contribution is 2.22. The summed E-state index contributed by atoms with van der Waals surface area (Å²) in [4.78, 5) is 18.6. The van der Waals surface area contributed by atoms with Crippen molar-refractivity contribution in [3.05, 3.63) is 28.9 Å².